The average Bonchev–Trinajstić information content (AvgIpc) is 2.81. The molecule has 1 heterocycles. The Labute approximate surface area is 115 Å². The van der Waals surface area contributed by atoms with E-state index in [1.165, 1.54) is 0 Å². The first-order chi connectivity index (χ1) is 8.95. The summed E-state index contributed by atoms with van der Waals surface area (Å²) in [6.07, 6.45) is 0.446. The normalized spacial score (nSPS) is 15.2. The van der Waals surface area contributed by atoms with Gasteiger partial charge < -0.3 is 19.6 Å². The van der Waals surface area contributed by atoms with Crippen molar-refractivity contribution in [2.75, 3.05) is 27.8 Å². The molecule has 1 aromatic heterocycles. The number of nitrogens with two attached hydrogens (primary N) is 1. The van der Waals surface area contributed by atoms with Gasteiger partial charge in [-0.15, -0.1) is 0 Å². The number of ether oxygens (including phenoxy) is 2. The van der Waals surface area contributed by atoms with Crippen molar-refractivity contribution < 1.29 is 13.9 Å². The summed E-state index contributed by atoms with van der Waals surface area (Å²) in [5, 5.41) is 0. The fourth-order valence-corrected chi connectivity index (χ4v) is 2.01. The molecular weight excluding hydrogens is 244 g/mol. The lowest BCUT2D eigenvalue weighted by Crippen LogP contribution is -2.51. The molecule has 1 rings (SSSR count). The second-order valence-electron chi connectivity index (χ2n) is 5.17. The Bertz CT molecular complexity index is 377. The summed E-state index contributed by atoms with van der Waals surface area (Å²) in [5.41, 5.74) is 5.73. The van der Waals surface area contributed by atoms with Crippen LogP contribution in [0.2, 0.25) is 0 Å². The Balaban J connectivity index is 2.70. The van der Waals surface area contributed by atoms with E-state index in [-0.39, 0.29) is 11.8 Å². The maximum Gasteiger partial charge on any atom is 0.158 e. The SMILES string of the molecule is COC(CC(C)(CN)N(C)Cc1ccc(C)o1)OC. The third kappa shape index (κ3) is 4.31. The molecule has 0 aromatic carbocycles. The van der Waals surface area contributed by atoms with Crippen LogP contribution >= 0.6 is 0 Å². The number of hydrogen-bond acceptors (Lipinski definition) is 5. The van der Waals surface area contributed by atoms with Crippen molar-refractivity contribution in [1.82, 2.24) is 4.90 Å². The number of hydrogen-bond donors (Lipinski definition) is 1. The molecule has 0 aliphatic rings. The van der Waals surface area contributed by atoms with Gasteiger partial charge in [-0.05, 0) is 33.0 Å². The topological polar surface area (TPSA) is 60.9 Å². The largest absolute Gasteiger partial charge is 0.465 e. The number of rotatable bonds is 8. The molecule has 2 N–H and O–H groups in total. The van der Waals surface area contributed by atoms with Gasteiger partial charge in [0.05, 0.1) is 6.54 Å². The maximum absolute atomic E-state index is 5.94. The van der Waals surface area contributed by atoms with Gasteiger partial charge in [-0.2, -0.15) is 0 Å². The van der Waals surface area contributed by atoms with Gasteiger partial charge in [0.15, 0.2) is 6.29 Å². The van der Waals surface area contributed by atoms with Gasteiger partial charge in [-0.25, -0.2) is 0 Å². The molecule has 5 nitrogen and oxygen atoms in total. The lowest BCUT2D eigenvalue weighted by molar-refractivity contribution is -0.127. The van der Waals surface area contributed by atoms with Crippen molar-refractivity contribution in [2.45, 2.75) is 38.6 Å². The van der Waals surface area contributed by atoms with Crippen LogP contribution in [0.25, 0.3) is 0 Å². The van der Waals surface area contributed by atoms with Gasteiger partial charge >= 0.3 is 0 Å². The minimum Gasteiger partial charge on any atom is -0.465 e. The zero-order valence-electron chi connectivity index (χ0n) is 12.6. The van der Waals surface area contributed by atoms with Crippen LogP contribution in [0, 0.1) is 6.92 Å². The molecule has 0 spiro atoms. The van der Waals surface area contributed by atoms with Crippen LogP contribution < -0.4 is 5.73 Å². The van der Waals surface area contributed by atoms with Crippen LogP contribution in [-0.4, -0.2) is 44.5 Å². The lowest BCUT2D eigenvalue weighted by Gasteiger charge is -2.39. The molecule has 0 aliphatic heterocycles. The smallest absolute Gasteiger partial charge is 0.158 e. The van der Waals surface area contributed by atoms with E-state index >= 15 is 0 Å². The molecule has 1 atom stereocenters. The first-order valence-corrected chi connectivity index (χ1v) is 6.47. The molecule has 1 unspecified atom stereocenters. The minimum atomic E-state index is -0.255. The van der Waals surface area contributed by atoms with E-state index in [0.717, 1.165) is 11.5 Å². The summed E-state index contributed by atoms with van der Waals surface area (Å²) in [6.45, 7) is 5.28. The quantitative estimate of drug-likeness (QED) is 0.729. The Kier molecular flexibility index (Phi) is 6.00. The minimum absolute atomic E-state index is 0.211. The summed E-state index contributed by atoms with van der Waals surface area (Å²) in [5.74, 6) is 1.86. The predicted molar refractivity (Wildman–Crippen MR) is 74.8 cm³/mol. The van der Waals surface area contributed by atoms with E-state index in [2.05, 4.69) is 11.8 Å². The molecule has 0 amide bonds. The van der Waals surface area contributed by atoms with Crippen LogP contribution in [0.15, 0.2) is 16.5 Å². The standard InChI is InChI=1S/C14H26N2O3/c1-11-6-7-12(19-11)9-16(3)14(2,10-15)8-13(17-4)18-5/h6-7,13H,8-10,15H2,1-5H3. The molecule has 0 radical (unpaired) electrons. The van der Waals surface area contributed by atoms with E-state index in [0.29, 0.717) is 19.5 Å². The maximum atomic E-state index is 5.94. The van der Waals surface area contributed by atoms with Crippen LogP contribution in [0.4, 0.5) is 0 Å². The van der Waals surface area contributed by atoms with E-state index < -0.39 is 0 Å². The number of nitrogens with zero attached hydrogens (tertiary/aromatic N) is 1. The molecule has 19 heavy (non-hydrogen) atoms. The Morgan fingerprint density at radius 3 is 2.42 bits per heavy atom. The van der Waals surface area contributed by atoms with Crippen molar-refractivity contribution in [3.8, 4) is 0 Å². The van der Waals surface area contributed by atoms with Crippen LogP contribution in [0.3, 0.4) is 0 Å². The molecule has 0 aliphatic carbocycles. The molecule has 5 heteroatoms. The van der Waals surface area contributed by atoms with E-state index in [4.69, 9.17) is 19.6 Å². The Morgan fingerprint density at radius 1 is 1.37 bits per heavy atom. The first kappa shape index (κ1) is 16.2. The third-order valence-electron chi connectivity index (χ3n) is 3.68. The average molecular weight is 270 g/mol. The molecule has 1 aromatic rings. The van der Waals surface area contributed by atoms with Crippen molar-refractivity contribution in [1.29, 1.82) is 0 Å². The molecule has 0 saturated heterocycles. The van der Waals surface area contributed by atoms with Crippen LogP contribution in [0.1, 0.15) is 24.9 Å². The highest BCUT2D eigenvalue weighted by Gasteiger charge is 2.31. The fraction of sp³-hybridized carbons (Fsp3) is 0.714. The van der Waals surface area contributed by atoms with Gasteiger partial charge in [-0.1, -0.05) is 0 Å². The molecule has 0 saturated carbocycles. The first-order valence-electron chi connectivity index (χ1n) is 6.47. The summed E-state index contributed by atoms with van der Waals surface area (Å²) in [4.78, 5) is 2.18. The zero-order valence-corrected chi connectivity index (χ0v) is 12.6. The lowest BCUT2D eigenvalue weighted by atomic mass is 9.95. The zero-order chi connectivity index (χ0) is 14.5. The highest BCUT2D eigenvalue weighted by atomic mass is 16.7. The summed E-state index contributed by atoms with van der Waals surface area (Å²) in [6, 6.07) is 3.96. The summed E-state index contributed by atoms with van der Waals surface area (Å²) >= 11 is 0. The number of likely N-dealkylation sites (N-methyl/N-ethyl adjacent to an activating group) is 1. The molecule has 0 bridgehead atoms. The summed E-state index contributed by atoms with van der Waals surface area (Å²) in [7, 11) is 5.31. The van der Waals surface area contributed by atoms with Gasteiger partial charge in [-0.3, -0.25) is 4.90 Å². The second kappa shape index (κ2) is 7.05. The molecular formula is C14H26N2O3. The van der Waals surface area contributed by atoms with Crippen molar-refractivity contribution in [2.24, 2.45) is 5.73 Å². The van der Waals surface area contributed by atoms with Crippen LogP contribution in [-0.2, 0) is 16.0 Å². The summed E-state index contributed by atoms with van der Waals surface area (Å²) < 4.78 is 16.2. The highest BCUT2D eigenvalue weighted by Crippen LogP contribution is 2.23. The predicted octanol–water partition coefficient (Wildman–Crippen LogP) is 1.75. The van der Waals surface area contributed by atoms with Crippen molar-refractivity contribution in [3.05, 3.63) is 23.7 Å². The van der Waals surface area contributed by atoms with E-state index in [1.54, 1.807) is 14.2 Å². The number of aryl methyl sites for hydroxylation is 1. The monoisotopic (exact) mass is 270 g/mol. The van der Waals surface area contributed by atoms with Crippen LogP contribution in [0.5, 0.6) is 0 Å². The Morgan fingerprint density at radius 2 is 2.00 bits per heavy atom. The van der Waals surface area contributed by atoms with Crippen molar-refractivity contribution in [3.63, 3.8) is 0 Å². The van der Waals surface area contributed by atoms with Gasteiger partial charge in [0, 0.05) is 32.7 Å². The fourth-order valence-electron chi connectivity index (χ4n) is 2.01. The van der Waals surface area contributed by atoms with Crippen molar-refractivity contribution >= 4 is 0 Å². The highest BCUT2D eigenvalue weighted by molar-refractivity contribution is 5.06. The van der Waals surface area contributed by atoms with E-state index in [1.807, 2.05) is 26.1 Å². The van der Waals surface area contributed by atoms with Gasteiger partial charge in [0.25, 0.3) is 0 Å². The molecule has 0 fully saturated rings. The second-order valence-corrected chi connectivity index (χ2v) is 5.17. The van der Waals surface area contributed by atoms with Gasteiger partial charge in [0.1, 0.15) is 11.5 Å². The number of furan rings is 1. The third-order valence-corrected chi connectivity index (χ3v) is 3.68. The Hall–Kier alpha value is -0.880. The van der Waals surface area contributed by atoms with E-state index in [9.17, 15) is 0 Å². The molecule has 110 valence electrons. The van der Waals surface area contributed by atoms with Gasteiger partial charge in [0.2, 0.25) is 0 Å². The number of methoxy groups -OCH3 is 2.